The summed E-state index contributed by atoms with van der Waals surface area (Å²) < 4.78 is 16.9. The number of hydrogen-bond donors (Lipinski definition) is 0. The van der Waals surface area contributed by atoms with Crippen LogP contribution in [0.5, 0.6) is 0 Å². The number of carbonyl (C=O) groups excluding carboxylic acids is 3. The van der Waals surface area contributed by atoms with Crippen LogP contribution >= 0.6 is 0 Å². The van der Waals surface area contributed by atoms with Gasteiger partial charge in [-0.05, 0) is 109 Å². The van der Waals surface area contributed by atoms with Crippen molar-refractivity contribution in [2.24, 2.45) is 0 Å². The molecular formula is C65H112O6. The Morgan fingerprint density at radius 1 is 0.310 bits per heavy atom. The van der Waals surface area contributed by atoms with Crippen LogP contribution < -0.4 is 0 Å². The third kappa shape index (κ3) is 57.4. The predicted octanol–water partition coefficient (Wildman–Crippen LogP) is 20.3. The molecule has 0 saturated carbocycles. The highest BCUT2D eigenvalue weighted by Crippen LogP contribution is 2.15. The summed E-state index contributed by atoms with van der Waals surface area (Å²) in [6.07, 6.45) is 77.2. The van der Waals surface area contributed by atoms with Crippen LogP contribution in [0.15, 0.2) is 85.1 Å². The molecule has 0 fully saturated rings. The van der Waals surface area contributed by atoms with Gasteiger partial charge < -0.3 is 14.2 Å². The second-order valence-corrected chi connectivity index (χ2v) is 19.9. The molecule has 71 heavy (non-hydrogen) atoms. The Balaban J connectivity index is 4.45. The zero-order chi connectivity index (χ0) is 51.4. The second kappa shape index (κ2) is 59.2. The van der Waals surface area contributed by atoms with Gasteiger partial charge in [-0.3, -0.25) is 14.4 Å². The summed E-state index contributed by atoms with van der Waals surface area (Å²) in [5.74, 6) is -0.939. The van der Waals surface area contributed by atoms with Crippen LogP contribution in [0, 0.1) is 0 Å². The first-order valence-electron chi connectivity index (χ1n) is 30.1. The van der Waals surface area contributed by atoms with Crippen LogP contribution in [0.25, 0.3) is 0 Å². The third-order valence-corrected chi connectivity index (χ3v) is 12.9. The minimum absolute atomic E-state index is 0.0951. The fourth-order valence-corrected chi connectivity index (χ4v) is 8.36. The van der Waals surface area contributed by atoms with Gasteiger partial charge in [0.2, 0.25) is 0 Å². The number of unbranched alkanes of at least 4 members (excludes halogenated alkanes) is 30. The van der Waals surface area contributed by atoms with Crippen molar-refractivity contribution in [3.8, 4) is 0 Å². The molecule has 0 aromatic rings. The molecule has 0 spiro atoms. The predicted molar refractivity (Wildman–Crippen MR) is 307 cm³/mol. The summed E-state index contributed by atoms with van der Waals surface area (Å²) in [5, 5.41) is 0. The Labute approximate surface area is 439 Å². The molecule has 1 atom stereocenters. The first kappa shape index (κ1) is 67.6. The number of hydrogen-bond acceptors (Lipinski definition) is 6. The van der Waals surface area contributed by atoms with Crippen LogP contribution in [0.3, 0.4) is 0 Å². The summed E-state index contributed by atoms with van der Waals surface area (Å²) in [5.41, 5.74) is 0. The molecule has 1 unspecified atom stereocenters. The topological polar surface area (TPSA) is 78.9 Å². The smallest absolute Gasteiger partial charge is 0.306 e. The highest BCUT2D eigenvalue weighted by atomic mass is 16.6. The number of carbonyl (C=O) groups is 3. The average molecular weight is 990 g/mol. The van der Waals surface area contributed by atoms with Gasteiger partial charge in [0.05, 0.1) is 0 Å². The maximum absolute atomic E-state index is 12.9. The van der Waals surface area contributed by atoms with E-state index in [0.29, 0.717) is 19.3 Å². The lowest BCUT2D eigenvalue weighted by Gasteiger charge is -2.18. The highest BCUT2D eigenvalue weighted by molar-refractivity contribution is 5.71. The molecule has 0 aliphatic carbocycles. The van der Waals surface area contributed by atoms with Gasteiger partial charge >= 0.3 is 17.9 Å². The van der Waals surface area contributed by atoms with E-state index in [1.165, 1.54) is 141 Å². The zero-order valence-electron chi connectivity index (χ0n) is 46.7. The van der Waals surface area contributed by atoms with Crippen LogP contribution in [-0.4, -0.2) is 37.2 Å². The first-order valence-corrected chi connectivity index (χ1v) is 30.1. The monoisotopic (exact) mass is 989 g/mol. The van der Waals surface area contributed by atoms with Crippen LogP contribution in [0.4, 0.5) is 0 Å². The van der Waals surface area contributed by atoms with Crippen molar-refractivity contribution in [2.45, 2.75) is 297 Å². The normalized spacial score (nSPS) is 12.7. The first-order chi connectivity index (χ1) is 35.0. The fourth-order valence-electron chi connectivity index (χ4n) is 8.36. The van der Waals surface area contributed by atoms with Crippen LogP contribution in [0.2, 0.25) is 0 Å². The van der Waals surface area contributed by atoms with E-state index >= 15 is 0 Å². The standard InChI is InChI=1S/C65H112O6/c1-4-7-10-13-16-19-22-25-28-31-33-35-37-40-43-46-49-52-55-58-64(67)70-61-62(60-69-63(66)57-54-51-48-45-42-39-36-30-27-24-21-18-15-12-9-6-3)71-65(68)59-56-53-50-47-44-41-38-34-32-29-26-23-20-17-14-11-8-5-2/h9,12,18,21,27,29-34,38-39,42,62H,4-8,10-11,13-17,19-20,22-26,28,35-37,40-41,43-61H2,1-3H3/b12-9-,21-18-,30-27-,32-29-,33-31-,38-34-,42-39-. The molecule has 0 rings (SSSR count). The van der Waals surface area contributed by atoms with E-state index in [1.807, 2.05) is 0 Å². The molecule has 0 amide bonds. The van der Waals surface area contributed by atoms with E-state index in [2.05, 4.69) is 106 Å². The lowest BCUT2D eigenvalue weighted by molar-refractivity contribution is -0.167. The summed E-state index contributed by atoms with van der Waals surface area (Å²) >= 11 is 0. The number of esters is 3. The third-order valence-electron chi connectivity index (χ3n) is 12.9. The molecule has 6 heteroatoms. The Hall–Kier alpha value is -3.41. The van der Waals surface area contributed by atoms with E-state index in [0.717, 1.165) is 109 Å². The molecule has 0 heterocycles. The molecule has 0 N–H and O–H groups in total. The Morgan fingerprint density at radius 3 is 0.972 bits per heavy atom. The van der Waals surface area contributed by atoms with Crippen LogP contribution in [0.1, 0.15) is 290 Å². The summed E-state index contributed by atoms with van der Waals surface area (Å²) in [4.78, 5) is 38.2. The molecular weight excluding hydrogens is 877 g/mol. The molecule has 0 aliphatic heterocycles. The molecule has 0 saturated heterocycles. The Morgan fingerprint density at radius 2 is 0.592 bits per heavy atom. The zero-order valence-corrected chi connectivity index (χ0v) is 46.7. The molecule has 0 aliphatic rings. The summed E-state index contributed by atoms with van der Waals surface area (Å²) in [6, 6.07) is 0. The van der Waals surface area contributed by atoms with Crippen LogP contribution in [-0.2, 0) is 28.6 Å². The van der Waals surface area contributed by atoms with Gasteiger partial charge in [-0.25, -0.2) is 0 Å². The van der Waals surface area contributed by atoms with Crippen molar-refractivity contribution in [3.05, 3.63) is 85.1 Å². The van der Waals surface area contributed by atoms with Gasteiger partial charge in [-0.2, -0.15) is 0 Å². The molecule has 0 aromatic heterocycles. The minimum atomic E-state index is -0.801. The Kier molecular flexibility index (Phi) is 56.3. The quantitative estimate of drug-likeness (QED) is 0.0199. The van der Waals surface area contributed by atoms with E-state index < -0.39 is 6.10 Å². The fraction of sp³-hybridized carbons (Fsp3) is 0.738. The number of ether oxygens (including phenoxy) is 3. The van der Waals surface area contributed by atoms with E-state index in [-0.39, 0.29) is 31.1 Å². The van der Waals surface area contributed by atoms with Crippen molar-refractivity contribution in [2.75, 3.05) is 13.2 Å². The van der Waals surface area contributed by atoms with Gasteiger partial charge in [0.25, 0.3) is 0 Å². The Bertz CT molecular complexity index is 1370. The van der Waals surface area contributed by atoms with Gasteiger partial charge in [-0.1, -0.05) is 247 Å². The van der Waals surface area contributed by atoms with Crippen molar-refractivity contribution in [1.82, 2.24) is 0 Å². The van der Waals surface area contributed by atoms with Crippen molar-refractivity contribution in [3.63, 3.8) is 0 Å². The molecule has 408 valence electrons. The van der Waals surface area contributed by atoms with Crippen molar-refractivity contribution in [1.29, 1.82) is 0 Å². The minimum Gasteiger partial charge on any atom is -0.462 e. The largest absolute Gasteiger partial charge is 0.462 e. The van der Waals surface area contributed by atoms with Gasteiger partial charge in [-0.15, -0.1) is 0 Å². The second-order valence-electron chi connectivity index (χ2n) is 19.9. The number of rotatable bonds is 54. The SMILES string of the molecule is CC/C=C\C/C=C\C/C=C\C/C=C\CCCCCC(=O)OCC(COC(=O)CCCCCCCCC/C=C\CCCCCCCCCC)OC(=O)CCCCCCC/C=C\C=C/CCCCCCCCC. The number of allylic oxidation sites excluding steroid dienone is 14. The van der Waals surface area contributed by atoms with Crippen molar-refractivity contribution < 1.29 is 28.6 Å². The van der Waals surface area contributed by atoms with Crippen molar-refractivity contribution >= 4 is 17.9 Å². The average Bonchev–Trinajstić information content (AvgIpc) is 3.37. The molecule has 0 radical (unpaired) electrons. The highest BCUT2D eigenvalue weighted by Gasteiger charge is 2.19. The van der Waals surface area contributed by atoms with Gasteiger partial charge in [0, 0.05) is 19.3 Å². The summed E-state index contributed by atoms with van der Waals surface area (Å²) in [6.45, 7) is 6.50. The maximum atomic E-state index is 12.9. The van der Waals surface area contributed by atoms with Gasteiger partial charge in [0.1, 0.15) is 13.2 Å². The lowest BCUT2D eigenvalue weighted by Crippen LogP contribution is -2.30. The molecule has 0 aromatic carbocycles. The molecule has 0 bridgehead atoms. The van der Waals surface area contributed by atoms with E-state index in [4.69, 9.17) is 14.2 Å². The maximum Gasteiger partial charge on any atom is 0.306 e. The lowest BCUT2D eigenvalue weighted by atomic mass is 10.1. The summed E-state index contributed by atoms with van der Waals surface area (Å²) in [7, 11) is 0. The van der Waals surface area contributed by atoms with Gasteiger partial charge in [0.15, 0.2) is 6.10 Å². The van der Waals surface area contributed by atoms with E-state index in [1.54, 1.807) is 0 Å². The van der Waals surface area contributed by atoms with E-state index in [9.17, 15) is 14.4 Å². The molecule has 6 nitrogen and oxygen atoms in total.